The molecule has 2 fully saturated rings. The van der Waals surface area contributed by atoms with E-state index in [2.05, 4.69) is 34.9 Å². The lowest BCUT2D eigenvalue weighted by atomic mass is 10.1. The summed E-state index contributed by atoms with van der Waals surface area (Å²) in [4.78, 5) is 5.07. The highest BCUT2D eigenvalue weighted by Crippen LogP contribution is 2.28. The Morgan fingerprint density at radius 3 is 3.00 bits per heavy atom. The molecule has 3 nitrogen and oxygen atoms in total. The molecule has 2 aliphatic heterocycles. The van der Waals surface area contributed by atoms with Crippen LogP contribution in [0.4, 0.5) is 5.69 Å². The van der Waals surface area contributed by atoms with E-state index in [1.807, 2.05) is 0 Å². The molecule has 1 aromatic carbocycles. The maximum atomic E-state index is 9.52. The molecule has 3 heteroatoms. The standard InChI is InChI=1S/C15H22N2O/c1-12-4-5-15(13(9-12)11-18)17-8-7-16-6-2-3-14(16)10-17/h4-5,9,14,18H,2-3,6-8,10-11H2,1H3. The Hall–Kier alpha value is -1.06. The van der Waals surface area contributed by atoms with Crippen molar-refractivity contribution in [3.05, 3.63) is 29.3 Å². The number of benzene rings is 1. The maximum absolute atomic E-state index is 9.52. The summed E-state index contributed by atoms with van der Waals surface area (Å²) >= 11 is 0. The van der Waals surface area contributed by atoms with Crippen LogP contribution in [0.25, 0.3) is 0 Å². The third kappa shape index (κ3) is 2.13. The Morgan fingerprint density at radius 1 is 1.28 bits per heavy atom. The lowest BCUT2D eigenvalue weighted by Gasteiger charge is -2.39. The number of aliphatic hydroxyl groups excluding tert-OH is 1. The smallest absolute Gasteiger partial charge is 0.0702 e. The number of nitrogens with zero attached hydrogens (tertiary/aromatic N) is 2. The minimum Gasteiger partial charge on any atom is -0.392 e. The quantitative estimate of drug-likeness (QED) is 0.861. The minimum atomic E-state index is 0.141. The normalized spacial score (nSPS) is 24.3. The van der Waals surface area contributed by atoms with Gasteiger partial charge in [0, 0.05) is 36.9 Å². The second-order valence-electron chi connectivity index (χ2n) is 5.57. The van der Waals surface area contributed by atoms with Crippen molar-refractivity contribution in [3.8, 4) is 0 Å². The number of rotatable bonds is 2. The van der Waals surface area contributed by atoms with Crippen molar-refractivity contribution in [2.45, 2.75) is 32.4 Å². The van der Waals surface area contributed by atoms with Crippen LogP contribution in [0, 0.1) is 6.92 Å². The Balaban J connectivity index is 1.82. The summed E-state index contributed by atoms with van der Waals surface area (Å²) < 4.78 is 0. The zero-order valence-corrected chi connectivity index (χ0v) is 11.1. The molecule has 1 aromatic rings. The van der Waals surface area contributed by atoms with Gasteiger partial charge in [0.1, 0.15) is 0 Å². The lowest BCUT2D eigenvalue weighted by molar-refractivity contribution is 0.230. The summed E-state index contributed by atoms with van der Waals surface area (Å²) in [6.07, 6.45) is 2.68. The van der Waals surface area contributed by atoms with Crippen molar-refractivity contribution in [3.63, 3.8) is 0 Å². The minimum absolute atomic E-state index is 0.141. The van der Waals surface area contributed by atoms with Gasteiger partial charge in [-0.15, -0.1) is 0 Å². The van der Waals surface area contributed by atoms with Crippen molar-refractivity contribution in [2.24, 2.45) is 0 Å². The first-order chi connectivity index (χ1) is 8.78. The van der Waals surface area contributed by atoms with Gasteiger partial charge in [-0.05, 0) is 32.4 Å². The van der Waals surface area contributed by atoms with Crippen LogP contribution >= 0.6 is 0 Å². The zero-order chi connectivity index (χ0) is 12.5. The maximum Gasteiger partial charge on any atom is 0.0702 e. The van der Waals surface area contributed by atoms with Crippen LogP contribution in [0.1, 0.15) is 24.0 Å². The summed E-state index contributed by atoms with van der Waals surface area (Å²) in [5, 5.41) is 9.52. The lowest BCUT2D eigenvalue weighted by Crippen LogP contribution is -2.50. The van der Waals surface area contributed by atoms with Crippen LogP contribution in [0.5, 0.6) is 0 Å². The molecular weight excluding hydrogens is 224 g/mol. The van der Waals surface area contributed by atoms with Crippen molar-refractivity contribution >= 4 is 5.69 Å². The number of hydrogen-bond donors (Lipinski definition) is 1. The van der Waals surface area contributed by atoms with Gasteiger partial charge in [0.2, 0.25) is 0 Å². The first-order valence-electron chi connectivity index (χ1n) is 6.97. The fourth-order valence-electron chi connectivity index (χ4n) is 3.36. The fourth-order valence-corrected chi connectivity index (χ4v) is 3.36. The van der Waals surface area contributed by atoms with Gasteiger partial charge < -0.3 is 10.0 Å². The van der Waals surface area contributed by atoms with Crippen molar-refractivity contribution in [2.75, 3.05) is 31.1 Å². The second kappa shape index (κ2) is 4.90. The van der Waals surface area contributed by atoms with Gasteiger partial charge in [0.05, 0.1) is 6.61 Å². The van der Waals surface area contributed by atoms with Crippen molar-refractivity contribution in [1.29, 1.82) is 0 Å². The number of aliphatic hydroxyl groups is 1. The topological polar surface area (TPSA) is 26.7 Å². The first kappa shape index (κ1) is 12.0. The summed E-state index contributed by atoms with van der Waals surface area (Å²) in [5.41, 5.74) is 3.53. The summed E-state index contributed by atoms with van der Waals surface area (Å²) in [7, 11) is 0. The van der Waals surface area contributed by atoms with Crippen LogP contribution in [0.15, 0.2) is 18.2 Å². The average molecular weight is 246 g/mol. The molecule has 0 spiro atoms. The van der Waals surface area contributed by atoms with E-state index >= 15 is 0 Å². The van der Waals surface area contributed by atoms with E-state index in [0.29, 0.717) is 0 Å². The molecule has 98 valence electrons. The van der Waals surface area contributed by atoms with E-state index in [-0.39, 0.29) is 6.61 Å². The van der Waals surface area contributed by atoms with Crippen LogP contribution < -0.4 is 4.90 Å². The molecule has 0 bridgehead atoms. The molecule has 2 saturated heterocycles. The molecule has 0 saturated carbocycles. The molecule has 0 amide bonds. The number of hydrogen-bond acceptors (Lipinski definition) is 3. The van der Waals surface area contributed by atoms with E-state index < -0.39 is 0 Å². The van der Waals surface area contributed by atoms with E-state index in [0.717, 1.165) is 24.7 Å². The molecule has 0 aliphatic carbocycles. The average Bonchev–Trinajstić information content (AvgIpc) is 2.85. The predicted molar refractivity (Wildman–Crippen MR) is 73.9 cm³/mol. The van der Waals surface area contributed by atoms with Gasteiger partial charge in [0.15, 0.2) is 0 Å². The molecule has 1 atom stereocenters. The van der Waals surface area contributed by atoms with Crippen LogP contribution in [-0.2, 0) is 6.61 Å². The van der Waals surface area contributed by atoms with Gasteiger partial charge >= 0.3 is 0 Å². The fraction of sp³-hybridized carbons (Fsp3) is 0.600. The van der Waals surface area contributed by atoms with Gasteiger partial charge in [-0.2, -0.15) is 0 Å². The van der Waals surface area contributed by atoms with E-state index in [1.165, 1.54) is 37.2 Å². The molecular formula is C15H22N2O. The monoisotopic (exact) mass is 246 g/mol. The predicted octanol–water partition coefficient (Wildman–Crippen LogP) is 1.77. The van der Waals surface area contributed by atoms with Gasteiger partial charge in [-0.1, -0.05) is 17.7 Å². The molecule has 2 aliphatic rings. The van der Waals surface area contributed by atoms with Crippen LogP contribution in [0.3, 0.4) is 0 Å². The Morgan fingerprint density at radius 2 is 2.17 bits per heavy atom. The highest BCUT2D eigenvalue weighted by Gasteiger charge is 2.31. The largest absolute Gasteiger partial charge is 0.392 e. The van der Waals surface area contributed by atoms with Crippen LogP contribution in [0.2, 0.25) is 0 Å². The number of aryl methyl sites for hydroxylation is 1. The van der Waals surface area contributed by atoms with Gasteiger partial charge in [-0.25, -0.2) is 0 Å². The highest BCUT2D eigenvalue weighted by molar-refractivity contribution is 5.55. The van der Waals surface area contributed by atoms with E-state index in [4.69, 9.17) is 0 Å². The zero-order valence-electron chi connectivity index (χ0n) is 11.1. The third-order valence-electron chi connectivity index (χ3n) is 4.33. The van der Waals surface area contributed by atoms with Gasteiger partial charge in [0.25, 0.3) is 0 Å². The first-order valence-corrected chi connectivity index (χ1v) is 6.97. The molecule has 3 rings (SSSR count). The van der Waals surface area contributed by atoms with Crippen molar-refractivity contribution in [1.82, 2.24) is 4.90 Å². The van der Waals surface area contributed by atoms with Gasteiger partial charge in [-0.3, -0.25) is 4.90 Å². The molecule has 18 heavy (non-hydrogen) atoms. The van der Waals surface area contributed by atoms with E-state index in [9.17, 15) is 5.11 Å². The molecule has 0 aromatic heterocycles. The third-order valence-corrected chi connectivity index (χ3v) is 4.33. The highest BCUT2D eigenvalue weighted by atomic mass is 16.3. The molecule has 1 N–H and O–H groups in total. The molecule has 2 heterocycles. The summed E-state index contributed by atoms with van der Waals surface area (Å²) in [5.74, 6) is 0. The SMILES string of the molecule is Cc1ccc(N2CCN3CCCC3C2)c(CO)c1. The summed E-state index contributed by atoms with van der Waals surface area (Å²) in [6.45, 7) is 6.88. The Kier molecular flexibility index (Phi) is 3.27. The van der Waals surface area contributed by atoms with Crippen molar-refractivity contribution < 1.29 is 5.11 Å². The number of fused-ring (bicyclic) bond motifs is 1. The number of anilines is 1. The molecule has 1 unspecified atom stereocenters. The number of piperazine rings is 1. The summed E-state index contributed by atoms with van der Waals surface area (Å²) in [6, 6.07) is 7.16. The molecule has 0 radical (unpaired) electrons. The Bertz CT molecular complexity index is 433. The Labute approximate surface area is 109 Å². The van der Waals surface area contributed by atoms with Crippen LogP contribution in [-0.4, -0.2) is 42.2 Å². The van der Waals surface area contributed by atoms with E-state index in [1.54, 1.807) is 0 Å². The second-order valence-corrected chi connectivity index (χ2v) is 5.57.